The van der Waals surface area contributed by atoms with Gasteiger partial charge < -0.3 is 9.84 Å². The van der Waals surface area contributed by atoms with Gasteiger partial charge in [-0.15, -0.1) is 0 Å². The number of ether oxygens (including phenoxy) is 1. The van der Waals surface area contributed by atoms with Crippen LogP contribution in [0.25, 0.3) is 0 Å². The van der Waals surface area contributed by atoms with E-state index in [0.29, 0.717) is 10.0 Å². The van der Waals surface area contributed by atoms with Crippen molar-refractivity contribution in [1.82, 2.24) is 5.43 Å². The summed E-state index contributed by atoms with van der Waals surface area (Å²) in [5.74, 6) is -2.63. The van der Waals surface area contributed by atoms with Crippen molar-refractivity contribution in [2.75, 3.05) is 6.61 Å². The largest absolute Gasteiger partial charge is 0.479 e. The molecular weight excluding hydrogens is 445 g/mol. The van der Waals surface area contributed by atoms with E-state index in [4.69, 9.17) is 26.7 Å². The Kier molecular flexibility index (Phi) is 6.87. The van der Waals surface area contributed by atoms with E-state index < -0.39 is 24.3 Å². The number of nitrogens with one attached hydrogen (secondary N) is 1. The standard InChI is InChI=1S/C17H10BrClFN3O4/c18-12-3-10(4-13(19)16(12)27-8-15(24)25)7-22-23-17(26)11-2-1-9(6-21)5-14(11)20/h1-5,7H,8H2,(H,23,26)(H,24,25)/b22-7-. The topological polar surface area (TPSA) is 112 Å². The summed E-state index contributed by atoms with van der Waals surface area (Å²) in [6.07, 6.45) is 1.26. The normalized spacial score (nSPS) is 10.4. The number of nitriles is 1. The Morgan fingerprint density at radius 2 is 2.15 bits per heavy atom. The quantitative estimate of drug-likeness (QED) is 0.513. The van der Waals surface area contributed by atoms with Crippen molar-refractivity contribution in [2.45, 2.75) is 0 Å². The molecule has 0 unspecified atom stereocenters. The monoisotopic (exact) mass is 453 g/mol. The Bertz CT molecular complexity index is 952. The SMILES string of the molecule is N#Cc1ccc(C(=O)N/N=C\c2cc(Cl)c(OCC(=O)O)c(Br)c2)c(F)c1. The Hall–Kier alpha value is -2.96. The molecule has 0 fully saturated rings. The third kappa shape index (κ3) is 5.51. The van der Waals surface area contributed by atoms with Crippen LogP contribution in [0.15, 0.2) is 39.9 Å². The molecule has 0 atom stereocenters. The molecule has 0 heterocycles. The molecule has 0 aliphatic carbocycles. The average Bonchev–Trinajstić information content (AvgIpc) is 2.60. The van der Waals surface area contributed by atoms with Crippen LogP contribution in [-0.2, 0) is 4.79 Å². The van der Waals surface area contributed by atoms with Gasteiger partial charge in [-0.3, -0.25) is 4.79 Å². The van der Waals surface area contributed by atoms with Gasteiger partial charge in [-0.25, -0.2) is 14.6 Å². The third-order valence-electron chi connectivity index (χ3n) is 3.08. The molecule has 2 aromatic rings. The average molecular weight is 455 g/mol. The number of hydrazone groups is 1. The van der Waals surface area contributed by atoms with Crippen LogP contribution < -0.4 is 10.2 Å². The molecule has 2 rings (SSSR count). The number of nitrogens with zero attached hydrogens (tertiary/aromatic N) is 2. The Labute approximate surface area is 166 Å². The zero-order chi connectivity index (χ0) is 20.0. The molecule has 27 heavy (non-hydrogen) atoms. The second kappa shape index (κ2) is 9.12. The number of carboxylic acids is 1. The molecule has 2 N–H and O–H groups in total. The third-order valence-corrected chi connectivity index (χ3v) is 3.95. The second-order valence-electron chi connectivity index (χ2n) is 5.00. The van der Waals surface area contributed by atoms with E-state index in [-0.39, 0.29) is 21.9 Å². The lowest BCUT2D eigenvalue weighted by molar-refractivity contribution is -0.139. The van der Waals surface area contributed by atoms with Gasteiger partial charge in [0.15, 0.2) is 12.4 Å². The maximum absolute atomic E-state index is 13.8. The van der Waals surface area contributed by atoms with E-state index >= 15 is 0 Å². The zero-order valence-corrected chi connectivity index (χ0v) is 15.7. The Morgan fingerprint density at radius 3 is 2.74 bits per heavy atom. The van der Waals surface area contributed by atoms with Crippen molar-refractivity contribution in [3.05, 3.63) is 62.3 Å². The van der Waals surface area contributed by atoms with E-state index in [1.807, 2.05) is 0 Å². The van der Waals surface area contributed by atoms with Crippen molar-refractivity contribution < 1.29 is 23.8 Å². The van der Waals surface area contributed by atoms with Crippen LogP contribution in [0.5, 0.6) is 5.75 Å². The summed E-state index contributed by atoms with van der Waals surface area (Å²) in [5.41, 5.74) is 2.46. The summed E-state index contributed by atoms with van der Waals surface area (Å²) in [4.78, 5) is 22.5. The van der Waals surface area contributed by atoms with Crippen molar-refractivity contribution in [3.63, 3.8) is 0 Å². The minimum atomic E-state index is -1.15. The van der Waals surface area contributed by atoms with Crippen LogP contribution in [0.3, 0.4) is 0 Å². The van der Waals surface area contributed by atoms with Crippen molar-refractivity contribution in [2.24, 2.45) is 5.10 Å². The molecule has 0 radical (unpaired) electrons. The highest BCUT2D eigenvalue weighted by molar-refractivity contribution is 9.10. The van der Waals surface area contributed by atoms with Crippen molar-refractivity contribution in [3.8, 4) is 11.8 Å². The summed E-state index contributed by atoms with van der Waals surface area (Å²) in [7, 11) is 0. The maximum atomic E-state index is 13.8. The first-order chi connectivity index (χ1) is 12.8. The van der Waals surface area contributed by atoms with Gasteiger partial charge in [0.2, 0.25) is 0 Å². The predicted molar refractivity (Wildman–Crippen MR) is 98.5 cm³/mol. The van der Waals surface area contributed by atoms with E-state index in [1.54, 1.807) is 12.1 Å². The van der Waals surface area contributed by atoms with Crippen molar-refractivity contribution >= 4 is 45.6 Å². The highest BCUT2D eigenvalue weighted by atomic mass is 79.9. The number of carbonyl (C=O) groups is 2. The first kappa shape index (κ1) is 20.4. The molecule has 0 saturated heterocycles. The van der Waals surface area contributed by atoms with Crippen LogP contribution in [0.4, 0.5) is 4.39 Å². The molecule has 2 aromatic carbocycles. The fourth-order valence-corrected chi connectivity index (χ4v) is 2.91. The number of hydrogen-bond donors (Lipinski definition) is 2. The summed E-state index contributed by atoms with van der Waals surface area (Å²) in [5, 5.41) is 21.2. The Morgan fingerprint density at radius 1 is 1.41 bits per heavy atom. The molecule has 0 bridgehead atoms. The molecule has 0 aromatic heterocycles. The Balaban J connectivity index is 2.09. The molecule has 138 valence electrons. The molecule has 0 saturated carbocycles. The van der Waals surface area contributed by atoms with Gasteiger partial charge in [0.25, 0.3) is 5.91 Å². The van der Waals surface area contributed by atoms with Crippen LogP contribution in [0, 0.1) is 17.1 Å². The predicted octanol–water partition coefficient (Wildman–Crippen LogP) is 3.34. The fourth-order valence-electron chi connectivity index (χ4n) is 1.92. The van der Waals surface area contributed by atoms with Crippen LogP contribution in [-0.4, -0.2) is 29.8 Å². The number of halogens is 3. The lowest BCUT2D eigenvalue weighted by Crippen LogP contribution is -2.19. The second-order valence-corrected chi connectivity index (χ2v) is 6.26. The zero-order valence-electron chi connectivity index (χ0n) is 13.4. The van der Waals surface area contributed by atoms with Gasteiger partial charge in [-0.05, 0) is 51.8 Å². The summed E-state index contributed by atoms with van der Waals surface area (Å²) in [6.45, 7) is -0.558. The van der Waals surface area contributed by atoms with Crippen LogP contribution in [0.1, 0.15) is 21.5 Å². The molecular formula is C17H10BrClFN3O4. The van der Waals surface area contributed by atoms with Gasteiger partial charge in [0.1, 0.15) is 5.82 Å². The molecule has 0 aliphatic heterocycles. The minimum Gasteiger partial charge on any atom is -0.479 e. The summed E-state index contributed by atoms with van der Waals surface area (Å²) < 4.78 is 19.2. The van der Waals surface area contributed by atoms with Crippen LogP contribution in [0.2, 0.25) is 5.02 Å². The number of benzene rings is 2. The number of amides is 1. The molecule has 7 nitrogen and oxygen atoms in total. The van der Waals surface area contributed by atoms with Crippen LogP contribution >= 0.6 is 27.5 Å². The van der Waals surface area contributed by atoms with Gasteiger partial charge in [-0.1, -0.05) is 11.6 Å². The van der Waals surface area contributed by atoms with Gasteiger partial charge in [-0.2, -0.15) is 10.4 Å². The highest BCUT2D eigenvalue weighted by Crippen LogP contribution is 2.34. The highest BCUT2D eigenvalue weighted by Gasteiger charge is 2.12. The number of rotatable bonds is 6. The number of hydrogen-bond acceptors (Lipinski definition) is 5. The molecule has 0 aliphatic rings. The van der Waals surface area contributed by atoms with E-state index in [2.05, 4.69) is 26.5 Å². The smallest absolute Gasteiger partial charge is 0.341 e. The van der Waals surface area contributed by atoms with E-state index in [9.17, 15) is 14.0 Å². The lowest BCUT2D eigenvalue weighted by Gasteiger charge is -2.09. The minimum absolute atomic E-state index is 0.0947. The molecule has 10 heteroatoms. The van der Waals surface area contributed by atoms with Gasteiger partial charge >= 0.3 is 5.97 Å². The van der Waals surface area contributed by atoms with Gasteiger partial charge in [0.05, 0.1) is 32.9 Å². The molecule has 0 spiro atoms. The maximum Gasteiger partial charge on any atom is 0.341 e. The van der Waals surface area contributed by atoms with E-state index in [1.165, 1.54) is 24.4 Å². The number of aliphatic carboxylic acids is 1. The van der Waals surface area contributed by atoms with E-state index in [0.717, 1.165) is 6.07 Å². The lowest BCUT2D eigenvalue weighted by atomic mass is 10.1. The summed E-state index contributed by atoms with van der Waals surface area (Å²) >= 11 is 9.23. The first-order valence-corrected chi connectivity index (χ1v) is 8.35. The van der Waals surface area contributed by atoms with Crippen molar-refractivity contribution in [1.29, 1.82) is 5.26 Å². The molecule has 1 amide bonds. The fraction of sp³-hybridized carbons (Fsp3) is 0.0588. The number of carbonyl (C=O) groups excluding carboxylic acids is 1. The first-order valence-electron chi connectivity index (χ1n) is 7.18. The van der Waals surface area contributed by atoms with Gasteiger partial charge in [0, 0.05) is 0 Å². The summed E-state index contributed by atoms with van der Waals surface area (Å²) in [6, 6.07) is 8.20. The number of carboxylic acid groups (broad SMARTS) is 1.